The summed E-state index contributed by atoms with van der Waals surface area (Å²) in [6.07, 6.45) is 3.98. The molecular formula is C18H29N5O4Si. The van der Waals surface area contributed by atoms with Crippen molar-refractivity contribution in [3.8, 4) is 0 Å². The number of aliphatic hydroxyl groups is 1. The van der Waals surface area contributed by atoms with E-state index in [-0.39, 0.29) is 11.6 Å². The number of aliphatic hydroxyl groups excluding tert-OH is 1. The molecule has 1 saturated heterocycles. The Kier molecular flexibility index (Phi) is 5.26. The maximum absolute atomic E-state index is 10.1. The van der Waals surface area contributed by atoms with E-state index in [9.17, 15) is 10.3 Å². The van der Waals surface area contributed by atoms with Crippen molar-refractivity contribution in [1.82, 2.24) is 14.5 Å². The van der Waals surface area contributed by atoms with Gasteiger partial charge >= 0.3 is 0 Å². The van der Waals surface area contributed by atoms with Crippen molar-refractivity contribution in [2.75, 3.05) is 12.3 Å². The highest BCUT2D eigenvalue weighted by atomic mass is 28.4. The van der Waals surface area contributed by atoms with Crippen LogP contribution >= 0.6 is 0 Å². The summed E-state index contributed by atoms with van der Waals surface area (Å²) in [5.74, 6) is 0.390. The standard InChI is InChI=1S/C18H29N5O4Si/c1-17(2,3)28(4,5)27-13-8-14(26-18(13,10-24)9-22-25)23-7-6-12-15(19)20-11-21-16(12)23/h6-7,9,11,13-14,24-25H,8,10H2,1-5H3,(H2,19,20,21)/b22-9+. The molecule has 3 rings (SSSR count). The Morgan fingerprint density at radius 2 is 2.18 bits per heavy atom. The number of nitrogens with zero attached hydrogens (tertiary/aromatic N) is 4. The molecule has 3 heterocycles. The molecule has 28 heavy (non-hydrogen) atoms. The smallest absolute Gasteiger partial charge is 0.192 e. The average molecular weight is 408 g/mol. The number of anilines is 1. The second-order valence-corrected chi connectivity index (χ2v) is 13.5. The van der Waals surface area contributed by atoms with Crippen LogP contribution in [0.25, 0.3) is 11.0 Å². The zero-order valence-corrected chi connectivity index (χ0v) is 18.0. The largest absolute Gasteiger partial charge is 0.411 e. The first-order valence-corrected chi connectivity index (χ1v) is 12.2. The van der Waals surface area contributed by atoms with Crippen molar-refractivity contribution in [3.63, 3.8) is 0 Å². The maximum atomic E-state index is 10.1. The quantitative estimate of drug-likeness (QED) is 0.301. The highest BCUT2D eigenvalue weighted by Crippen LogP contribution is 2.44. The first-order chi connectivity index (χ1) is 13.0. The van der Waals surface area contributed by atoms with Crippen molar-refractivity contribution in [2.45, 2.75) is 63.3 Å². The molecule has 4 N–H and O–H groups in total. The third-order valence-electron chi connectivity index (χ3n) is 5.93. The molecule has 2 aromatic rings. The predicted molar refractivity (Wildman–Crippen MR) is 109 cm³/mol. The summed E-state index contributed by atoms with van der Waals surface area (Å²) in [5, 5.41) is 23.2. The van der Waals surface area contributed by atoms with E-state index in [1.165, 1.54) is 12.5 Å². The van der Waals surface area contributed by atoms with Crippen LogP contribution in [-0.2, 0) is 9.16 Å². The molecule has 1 aliphatic rings. The number of hydrogen-bond donors (Lipinski definition) is 3. The lowest BCUT2D eigenvalue weighted by Gasteiger charge is -2.41. The minimum absolute atomic E-state index is 0.0234. The summed E-state index contributed by atoms with van der Waals surface area (Å²) in [4.78, 5) is 8.33. The molecule has 0 amide bonds. The van der Waals surface area contributed by atoms with Crippen LogP contribution in [0.1, 0.15) is 33.4 Å². The first kappa shape index (κ1) is 20.7. The van der Waals surface area contributed by atoms with Gasteiger partial charge in [0.05, 0.1) is 24.3 Å². The Hall–Kier alpha value is -2.01. The van der Waals surface area contributed by atoms with Gasteiger partial charge in [-0.1, -0.05) is 25.9 Å². The molecule has 0 aliphatic carbocycles. The number of hydrogen-bond acceptors (Lipinski definition) is 8. The van der Waals surface area contributed by atoms with Crippen molar-refractivity contribution in [1.29, 1.82) is 0 Å². The van der Waals surface area contributed by atoms with E-state index in [1.54, 1.807) is 0 Å². The fourth-order valence-corrected chi connectivity index (χ4v) is 4.59. The van der Waals surface area contributed by atoms with Gasteiger partial charge in [0.1, 0.15) is 24.0 Å². The van der Waals surface area contributed by atoms with Gasteiger partial charge in [0.25, 0.3) is 0 Å². The van der Waals surface area contributed by atoms with E-state index in [1.807, 2.05) is 16.8 Å². The number of aromatic nitrogens is 3. The highest BCUT2D eigenvalue weighted by Gasteiger charge is 2.53. The SMILES string of the molecule is CC(C)(C)[Si](C)(C)OC1CC(n2ccc3c(N)ncnc32)OC1(/C=N/O)CO. The third-order valence-corrected chi connectivity index (χ3v) is 10.4. The fraction of sp³-hybridized carbons (Fsp3) is 0.611. The van der Waals surface area contributed by atoms with Gasteiger partial charge < -0.3 is 29.8 Å². The first-order valence-electron chi connectivity index (χ1n) is 9.27. The predicted octanol–water partition coefficient (Wildman–Crippen LogP) is 2.51. The van der Waals surface area contributed by atoms with Gasteiger partial charge in [-0.25, -0.2) is 9.97 Å². The Morgan fingerprint density at radius 1 is 1.46 bits per heavy atom. The molecule has 3 unspecified atom stereocenters. The van der Waals surface area contributed by atoms with E-state index < -0.39 is 26.3 Å². The lowest BCUT2D eigenvalue weighted by Crippen LogP contribution is -2.53. The minimum atomic E-state index is -2.17. The zero-order valence-electron chi connectivity index (χ0n) is 17.0. The molecule has 0 bridgehead atoms. The number of fused-ring (bicyclic) bond motifs is 1. The number of ether oxygens (including phenoxy) is 1. The average Bonchev–Trinajstić information content (AvgIpc) is 3.17. The van der Waals surface area contributed by atoms with Crippen LogP contribution in [0.2, 0.25) is 18.1 Å². The van der Waals surface area contributed by atoms with Gasteiger partial charge in [-0.05, 0) is 24.2 Å². The molecule has 2 aromatic heterocycles. The van der Waals surface area contributed by atoms with Crippen molar-refractivity contribution in [3.05, 3.63) is 18.6 Å². The zero-order chi connectivity index (χ0) is 20.7. The molecule has 0 aromatic carbocycles. The molecule has 9 nitrogen and oxygen atoms in total. The molecule has 154 valence electrons. The molecular weight excluding hydrogens is 378 g/mol. The van der Waals surface area contributed by atoms with Crippen LogP contribution in [0.4, 0.5) is 5.82 Å². The summed E-state index contributed by atoms with van der Waals surface area (Å²) < 4.78 is 14.6. The van der Waals surface area contributed by atoms with Crippen molar-refractivity contribution >= 4 is 31.4 Å². The maximum Gasteiger partial charge on any atom is 0.192 e. The number of nitrogen functional groups attached to an aromatic ring is 1. The lowest BCUT2D eigenvalue weighted by molar-refractivity contribution is -0.0778. The van der Waals surface area contributed by atoms with E-state index in [0.717, 1.165) is 5.39 Å². The van der Waals surface area contributed by atoms with Crippen molar-refractivity contribution in [2.24, 2.45) is 5.16 Å². The Balaban J connectivity index is 1.99. The summed E-state index contributed by atoms with van der Waals surface area (Å²) in [6.45, 7) is 10.3. The number of rotatable bonds is 5. The topological polar surface area (TPSA) is 128 Å². The summed E-state index contributed by atoms with van der Waals surface area (Å²) >= 11 is 0. The van der Waals surface area contributed by atoms with Gasteiger partial charge in [-0.3, -0.25) is 0 Å². The molecule has 3 atom stereocenters. The van der Waals surface area contributed by atoms with Crippen molar-refractivity contribution < 1.29 is 19.5 Å². The second kappa shape index (κ2) is 7.10. The monoisotopic (exact) mass is 407 g/mol. The van der Waals surface area contributed by atoms with E-state index in [2.05, 4.69) is 49.0 Å². The Bertz CT molecular complexity index is 878. The molecule has 10 heteroatoms. The number of nitrogens with two attached hydrogens (primary N) is 1. The van der Waals surface area contributed by atoms with Gasteiger partial charge in [-0.2, -0.15) is 0 Å². The summed E-state index contributed by atoms with van der Waals surface area (Å²) in [6, 6.07) is 1.83. The summed E-state index contributed by atoms with van der Waals surface area (Å²) in [7, 11) is -2.17. The van der Waals surface area contributed by atoms with Gasteiger partial charge in [0, 0.05) is 12.6 Å². The Morgan fingerprint density at radius 3 is 2.79 bits per heavy atom. The van der Waals surface area contributed by atoms with Crippen LogP contribution < -0.4 is 5.73 Å². The van der Waals surface area contributed by atoms with Crippen LogP contribution in [0.3, 0.4) is 0 Å². The van der Waals surface area contributed by atoms with E-state index in [0.29, 0.717) is 17.9 Å². The second-order valence-electron chi connectivity index (χ2n) is 8.75. The molecule has 1 fully saturated rings. The van der Waals surface area contributed by atoms with Crippen LogP contribution in [0.15, 0.2) is 23.7 Å². The molecule has 0 saturated carbocycles. The van der Waals surface area contributed by atoms with E-state index >= 15 is 0 Å². The lowest BCUT2D eigenvalue weighted by atomic mass is 9.99. The third kappa shape index (κ3) is 3.41. The van der Waals surface area contributed by atoms with Gasteiger partial charge in [0.15, 0.2) is 13.9 Å². The fourth-order valence-electron chi connectivity index (χ4n) is 3.22. The van der Waals surface area contributed by atoms with Crippen LogP contribution in [-0.4, -0.2) is 57.7 Å². The minimum Gasteiger partial charge on any atom is -0.411 e. The molecule has 1 aliphatic heterocycles. The number of oxime groups is 1. The highest BCUT2D eigenvalue weighted by molar-refractivity contribution is 6.74. The van der Waals surface area contributed by atoms with Crippen LogP contribution in [0, 0.1) is 0 Å². The van der Waals surface area contributed by atoms with Crippen LogP contribution in [0.5, 0.6) is 0 Å². The van der Waals surface area contributed by atoms with E-state index in [4.69, 9.17) is 14.9 Å². The Labute approximate surface area is 165 Å². The molecule has 0 spiro atoms. The summed E-state index contributed by atoms with van der Waals surface area (Å²) in [5.41, 5.74) is 5.33. The van der Waals surface area contributed by atoms with Gasteiger partial charge in [0.2, 0.25) is 0 Å². The molecule has 0 radical (unpaired) electrons. The van der Waals surface area contributed by atoms with Gasteiger partial charge in [-0.15, -0.1) is 0 Å². The normalized spacial score (nSPS) is 26.5.